The zero-order valence-corrected chi connectivity index (χ0v) is 10.00. The van der Waals surface area contributed by atoms with Crippen molar-refractivity contribution in [1.82, 2.24) is 4.90 Å². The number of hydrogen-bond acceptors (Lipinski definition) is 2. The predicted molar refractivity (Wildman–Crippen MR) is 63.5 cm³/mol. The second kappa shape index (κ2) is 5.10. The molecule has 2 rings (SSSR count). The Bertz CT molecular complexity index is 363. The van der Waals surface area contributed by atoms with Crippen LogP contribution in [0.3, 0.4) is 0 Å². The van der Waals surface area contributed by atoms with E-state index in [0.717, 1.165) is 25.6 Å². The first-order valence-electron chi connectivity index (χ1n) is 6.05. The number of halogens is 2. The normalized spacial score (nSPS) is 25.4. The van der Waals surface area contributed by atoms with Crippen molar-refractivity contribution in [3.8, 4) is 0 Å². The zero-order chi connectivity index (χ0) is 12.4. The highest BCUT2D eigenvalue weighted by Crippen LogP contribution is 2.36. The second-order valence-corrected chi connectivity index (χ2v) is 4.56. The molecular formula is C13H18F2N2. The molecule has 1 heterocycles. The molecule has 0 spiro atoms. The molecule has 1 fully saturated rings. The fourth-order valence-electron chi connectivity index (χ4n) is 2.76. The summed E-state index contributed by atoms with van der Waals surface area (Å²) in [5.74, 6) is -0.742. The fourth-order valence-corrected chi connectivity index (χ4v) is 2.76. The minimum Gasteiger partial charge on any atom is -0.330 e. The second-order valence-electron chi connectivity index (χ2n) is 4.56. The maximum absolute atomic E-state index is 13.3. The summed E-state index contributed by atoms with van der Waals surface area (Å²) in [6, 6.07) is 3.80. The summed E-state index contributed by atoms with van der Waals surface area (Å²) in [7, 11) is 0. The van der Waals surface area contributed by atoms with Gasteiger partial charge in [-0.2, -0.15) is 0 Å². The lowest BCUT2D eigenvalue weighted by molar-refractivity contribution is 0.241. The van der Waals surface area contributed by atoms with E-state index in [4.69, 9.17) is 5.73 Å². The SMILES string of the molecule is CCN1CCC(CN)C1c1cc(F)cc(F)c1. The average molecular weight is 240 g/mol. The standard InChI is InChI=1S/C13H18F2N2/c1-2-17-4-3-9(8-16)13(17)10-5-11(14)7-12(15)6-10/h5-7,9,13H,2-4,8,16H2,1H3. The van der Waals surface area contributed by atoms with Gasteiger partial charge in [0.05, 0.1) is 0 Å². The maximum atomic E-state index is 13.3. The van der Waals surface area contributed by atoms with Crippen molar-refractivity contribution < 1.29 is 8.78 Å². The van der Waals surface area contributed by atoms with Crippen molar-refractivity contribution in [2.45, 2.75) is 19.4 Å². The Kier molecular flexibility index (Phi) is 3.74. The average Bonchev–Trinajstić information content (AvgIpc) is 2.70. The lowest BCUT2D eigenvalue weighted by Crippen LogP contribution is -2.28. The fraction of sp³-hybridized carbons (Fsp3) is 0.538. The molecule has 1 aromatic carbocycles. The minimum atomic E-state index is -0.515. The van der Waals surface area contributed by atoms with Crippen LogP contribution in [-0.4, -0.2) is 24.5 Å². The molecule has 1 aromatic rings. The van der Waals surface area contributed by atoms with Crippen LogP contribution in [-0.2, 0) is 0 Å². The Morgan fingerprint density at radius 3 is 2.47 bits per heavy atom. The maximum Gasteiger partial charge on any atom is 0.126 e. The first-order chi connectivity index (χ1) is 8.15. The van der Waals surface area contributed by atoms with Gasteiger partial charge in [0.1, 0.15) is 11.6 Å². The van der Waals surface area contributed by atoms with Gasteiger partial charge in [-0.25, -0.2) is 8.78 Å². The van der Waals surface area contributed by atoms with Crippen molar-refractivity contribution in [3.63, 3.8) is 0 Å². The molecule has 94 valence electrons. The van der Waals surface area contributed by atoms with Gasteiger partial charge < -0.3 is 5.73 Å². The summed E-state index contributed by atoms with van der Waals surface area (Å²) in [5, 5.41) is 0. The summed E-state index contributed by atoms with van der Waals surface area (Å²) in [6.45, 7) is 4.43. The highest BCUT2D eigenvalue weighted by molar-refractivity contribution is 5.23. The third kappa shape index (κ3) is 2.48. The van der Waals surface area contributed by atoms with E-state index in [2.05, 4.69) is 11.8 Å². The summed E-state index contributed by atoms with van der Waals surface area (Å²) >= 11 is 0. The Morgan fingerprint density at radius 1 is 1.29 bits per heavy atom. The summed E-state index contributed by atoms with van der Waals surface area (Å²) in [5.41, 5.74) is 6.45. The lowest BCUT2D eigenvalue weighted by atomic mass is 9.93. The van der Waals surface area contributed by atoms with E-state index >= 15 is 0 Å². The summed E-state index contributed by atoms with van der Waals surface area (Å²) in [4.78, 5) is 2.23. The number of likely N-dealkylation sites (tertiary alicyclic amines) is 1. The van der Waals surface area contributed by atoms with Gasteiger partial charge >= 0.3 is 0 Å². The van der Waals surface area contributed by atoms with E-state index in [1.165, 1.54) is 12.1 Å². The van der Waals surface area contributed by atoms with E-state index in [0.29, 0.717) is 12.1 Å². The lowest BCUT2D eigenvalue weighted by Gasteiger charge is -2.27. The first kappa shape index (κ1) is 12.5. The Morgan fingerprint density at radius 2 is 1.94 bits per heavy atom. The van der Waals surface area contributed by atoms with Crippen molar-refractivity contribution in [2.75, 3.05) is 19.6 Å². The van der Waals surface area contributed by atoms with Crippen LogP contribution < -0.4 is 5.73 Å². The van der Waals surface area contributed by atoms with Crippen LogP contribution in [0.4, 0.5) is 8.78 Å². The third-order valence-electron chi connectivity index (χ3n) is 3.56. The molecule has 17 heavy (non-hydrogen) atoms. The highest BCUT2D eigenvalue weighted by atomic mass is 19.1. The van der Waals surface area contributed by atoms with Crippen molar-refractivity contribution in [3.05, 3.63) is 35.4 Å². The predicted octanol–water partition coefficient (Wildman–Crippen LogP) is 2.31. The van der Waals surface area contributed by atoms with E-state index in [1.54, 1.807) is 0 Å². The summed E-state index contributed by atoms with van der Waals surface area (Å²) < 4.78 is 26.5. The van der Waals surface area contributed by atoms with Gasteiger partial charge in [-0.1, -0.05) is 6.92 Å². The molecular weight excluding hydrogens is 222 g/mol. The molecule has 0 aliphatic carbocycles. The van der Waals surface area contributed by atoms with Gasteiger partial charge in [0.2, 0.25) is 0 Å². The molecule has 0 saturated carbocycles. The Hall–Kier alpha value is -1.00. The number of hydrogen-bond donors (Lipinski definition) is 1. The van der Waals surface area contributed by atoms with Gasteiger partial charge in [0.25, 0.3) is 0 Å². The summed E-state index contributed by atoms with van der Waals surface area (Å²) in [6.07, 6.45) is 0.993. The molecule has 0 amide bonds. The first-order valence-corrected chi connectivity index (χ1v) is 6.05. The molecule has 2 unspecified atom stereocenters. The molecule has 1 aliphatic rings. The number of benzene rings is 1. The van der Waals surface area contributed by atoms with Crippen LogP contribution in [0.2, 0.25) is 0 Å². The van der Waals surface area contributed by atoms with Crippen LogP contribution in [0.25, 0.3) is 0 Å². The molecule has 4 heteroatoms. The molecule has 0 aromatic heterocycles. The molecule has 1 aliphatic heterocycles. The third-order valence-corrected chi connectivity index (χ3v) is 3.56. The van der Waals surface area contributed by atoms with Gasteiger partial charge in [-0.15, -0.1) is 0 Å². The van der Waals surface area contributed by atoms with Crippen LogP contribution in [0.1, 0.15) is 24.9 Å². The molecule has 2 N–H and O–H groups in total. The molecule has 0 radical (unpaired) electrons. The number of nitrogens with two attached hydrogens (primary N) is 1. The monoisotopic (exact) mass is 240 g/mol. The van der Waals surface area contributed by atoms with Gasteiger partial charge in [-0.05, 0) is 49.7 Å². The van der Waals surface area contributed by atoms with Crippen molar-refractivity contribution >= 4 is 0 Å². The highest BCUT2D eigenvalue weighted by Gasteiger charge is 2.33. The van der Waals surface area contributed by atoms with Crippen LogP contribution in [0.15, 0.2) is 18.2 Å². The van der Waals surface area contributed by atoms with Gasteiger partial charge in [-0.3, -0.25) is 4.90 Å². The van der Waals surface area contributed by atoms with Crippen molar-refractivity contribution in [2.24, 2.45) is 11.7 Å². The van der Waals surface area contributed by atoms with Gasteiger partial charge in [0.15, 0.2) is 0 Å². The molecule has 0 bridgehead atoms. The topological polar surface area (TPSA) is 29.3 Å². The van der Waals surface area contributed by atoms with Crippen LogP contribution in [0.5, 0.6) is 0 Å². The van der Waals surface area contributed by atoms with Crippen LogP contribution >= 0.6 is 0 Å². The smallest absolute Gasteiger partial charge is 0.126 e. The largest absolute Gasteiger partial charge is 0.330 e. The van der Waals surface area contributed by atoms with E-state index < -0.39 is 11.6 Å². The number of nitrogens with zero attached hydrogens (tertiary/aromatic N) is 1. The van der Waals surface area contributed by atoms with Crippen LogP contribution in [0, 0.1) is 17.6 Å². The quantitative estimate of drug-likeness (QED) is 0.878. The van der Waals surface area contributed by atoms with Crippen molar-refractivity contribution in [1.29, 1.82) is 0 Å². The molecule has 2 nitrogen and oxygen atoms in total. The molecule has 1 saturated heterocycles. The zero-order valence-electron chi connectivity index (χ0n) is 10.00. The van der Waals surface area contributed by atoms with E-state index in [1.807, 2.05) is 0 Å². The Balaban J connectivity index is 2.34. The Labute approximate surface area is 100 Å². The van der Waals surface area contributed by atoms with E-state index in [-0.39, 0.29) is 12.0 Å². The number of rotatable bonds is 3. The van der Waals surface area contributed by atoms with Gasteiger partial charge in [0, 0.05) is 12.1 Å². The molecule has 2 atom stereocenters. The minimum absolute atomic E-state index is 0.0511. The van der Waals surface area contributed by atoms with E-state index in [9.17, 15) is 8.78 Å².